The number of aryl methyl sites for hydroxylation is 1. The molecule has 0 aliphatic heterocycles. The predicted molar refractivity (Wildman–Crippen MR) is 91.8 cm³/mol. The van der Waals surface area contributed by atoms with E-state index in [9.17, 15) is 0 Å². The predicted octanol–water partition coefficient (Wildman–Crippen LogP) is 4.14. The van der Waals surface area contributed by atoms with Gasteiger partial charge in [0, 0.05) is 15.5 Å². The van der Waals surface area contributed by atoms with Crippen LogP contribution >= 0.6 is 31.9 Å². The van der Waals surface area contributed by atoms with Crippen LogP contribution in [0, 0.1) is 0 Å². The molecule has 0 saturated heterocycles. The van der Waals surface area contributed by atoms with Crippen LogP contribution in [0.1, 0.15) is 31.1 Å². The van der Waals surface area contributed by atoms with Crippen molar-refractivity contribution in [1.82, 2.24) is 15.1 Å². The second kappa shape index (κ2) is 7.42. The van der Waals surface area contributed by atoms with Crippen LogP contribution < -0.4 is 10.1 Å². The largest absolute Gasteiger partial charge is 0.493 e. The third-order valence-electron chi connectivity index (χ3n) is 3.32. The number of benzene rings is 1. The minimum absolute atomic E-state index is 0.0132. The summed E-state index contributed by atoms with van der Waals surface area (Å²) in [6.45, 7) is 5.82. The van der Waals surface area contributed by atoms with E-state index in [1.807, 2.05) is 16.8 Å². The lowest BCUT2D eigenvalue weighted by Crippen LogP contribution is -2.25. The van der Waals surface area contributed by atoms with Crippen molar-refractivity contribution in [3.05, 3.63) is 44.6 Å². The summed E-state index contributed by atoms with van der Waals surface area (Å²) in [5.41, 5.74) is 2.19. The van der Waals surface area contributed by atoms with E-state index >= 15 is 0 Å². The molecule has 1 atom stereocenters. The summed E-state index contributed by atoms with van der Waals surface area (Å²) in [6, 6.07) is 6.19. The third kappa shape index (κ3) is 3.49. The molecule has 0 aliphatic carbocycles. The second-order valence-electron chi connectivity index (χ2n) is 4.57. The van der Waals surface area contributed by atoms with E-state index in [0.717, 1.165) is 39.0 Å². The highest BCUT2D eigenvalue weighted by atomic mass is 79.9. The van der Waals surface area contributed by atoms with Gasteiger partial charge in [-0.15, -0.1) is 0 Å². The molecule has 2 rings (SSSR count). The van der Waals surface area contributed by atoms with Gasteiger partial charge in [0.15, 0.2) is 5.75 Å². The lowest BCUT2D eigenvalue weighted by molar-refractivity contribution is 0.399. The molecular weight excluding hydrogens is 398 g/mol. The molecule has 114 valence electrons. The molecule has 1 aromatic heterocycles. The molecule has 0 bridgehead atoms. The zero-order valence-electron chi connectivity index (χ0n) is 12.4. The van der Waals surface area contributed by atoms with Gasteiger partial charge in [-0.25, -0.2) is 0 Å². The van der Waals surface area contributed by atoms with Crippen LogP contribution in [0.2, 0.25) is 0 Å². The highest BCUT2D eigenvalue weighted by Gasteiger charge is 2.24. The number of ether oxygens (including phenoxy) is 1. The number of halogens is 2. The van der Waals surface area contributed by atoms with Crippen molar-refractivity contribution in [3.63, 3.8) is 0 Å². The average molecular weight is 417 g/mol. The molecule has 0 amide bonds. The first kappa shape index (κ1) is 16.5. The highest BCUT2D eigenvalue weighted by molar-refractivity contribution is 9.11. The molecule has 1 N–H and O–H groups in total. The Balaban J connectivity index is 2.58. The Kier molecular flexibility index (Phi) is 5.84. The molecule has 1 heterocycles. The van der Waals surface area contributed by atoms with Gasteiger partial charge in [-0.3, -0.25) is 4.68 Å². The molecule has 4 nitrogen and oxygen atoms in total. The molecule has 21 heavy (non-hydrogen) atoms. The van der Waals surface area contributed by atoms with E-state index in [4.69, 9.17) is 4.74 Å². The van der Waals surface area contributed by atoms with Crippen LogP contribution in [0.4, 0.5) is 0 Å². The maximum atomic E-state index is 5.50. The van der Waals surface area contributed by atoms with Gasteiger partial charge in [0.2, 0.25) is 0 Å². The third-order valence-corrected chi connectivity index (χ3v) is 4.53. The van der Waals surface area contributed by atoms with Crippen molar-refractivity contribution in [1.29, 1.82) is 0 Å². The summed E-state index contributed by atoms with van der Waals surface area (Å²) < 4.78 is 9.57. The van der Waals surface area contributed by atoms with E-state index in [2.05, 4.69) is 62.2 Å². The Bertz CT molecular complexity index is 591. The molecule has 1 aromatic carbocycles. The minimum atomic E-state index is 0.0132. The zero-order valence-corrected chi connectivity index (χ0v) is 15.5. The van der Waals surface area contributed by atoms with Crippen LogP contribution in [0.25, 0.3) is 0 Å². The fourth-order valence-corrected chi connectivity index (χ4v) is 3.23. The quantitative estimate of drug-likeness (QED) is 0.769. The number of hydrogen-bond acceptors (Lipinski definition) is 3. The fourth-order valence-electron chi connectivity index (χ4n) is 2.37. The summed E-state index contributed by atoms with van der Waals surface area (Å²) in [5, 5.41) is 7.94. The Morgan fingerprint density at radius 2 is 2.10 bits per heavy atom. The molecule has 0 spiro atoms. The normalized spacial score (nSPS) is 12.4. The second-order valence-corrected chi connectivity index (χ2v) is 6.34. The van der Waals surface area contributed by atoms with Gasteiger partial charge in [0.25, 0.3) is 0 Å². The standard InChI is InChI=1S/C15H19Br2N3O/c1-4-18-14(11-8-10(16)6-7-12(11)17)15-13(21-3)9-19-20(15)5-2/h6-9,14,18H,4-5H2,1-3H3. The highest BCUT2D eigenvalue weighted by Crippen LogP contribution is 2.35. The summed E-state index contributed by atoms with van der Waals surface area (Å²) >= 11 is 7.20. The van der Waals surface area contributed by atoms with Crippen LogP contribution in [0.3, 0.4) is 0 Å². The molecule has 0 fully saturated rings. The zero-order chi connectivity index (χ0) is 15.4. The van der Waals surface area contributed by atoms with Gasteiger partial charge in [0.05, 0.1) is 19.3 Å². The number of rotatable bonds is 6. The first-order valence-electron chi connectivity index (χ1n) is 6.90. The van der Waals surface area contributed by atoms with E-state index < -0.39 is 0 Å². The Hall–Kier alpha value is -0.850. The fraction of sp³-hybridized carbons (Fsp3) is 0.400. The summed E-state index contributed by atoms with van der Waals surface area (Å²) in [6.07, 6.45) is 1.77. The van der Waals surface area contributed by atoms with Gasteiger partial charge in [-0.2, -0.15) is 5.10 Å². The van der Waals surface area contributed by atoms with Crippen LogP contribution in [-0.4, -0.2) is 23.4 Å². The van der Waals surface area contributed by atoms with E-state index in [1.165, 1.54) is 0 Å². The molecule has 2 aromatic rings. The van der Waals surface area contributed by atoms with Gasteiger partial charge < -0.3 is 10.1 Å². The van der Waals surface area contributed by atoms with Crippen molar-refractivity contribution in [2.24, 2.45) is 0 Å². The topological polar surface area (TPSA) is 39.1 Å². The van der Waals surface area contributed by atoms with Gasteiger partial charge >= 0.3 is 0 Å². The number of methoxy groups -OCH3 is 1. The minimum Gasteiger partial charge on any atom is -0.493 e. The van der Waals surface area contributed by atoms with Gasteiger partial charge in [-0.05, 0) is 37.2 Å². The van der Waals surface area contributed by atoms with Gasteiger partial charge in [-0.1, -0.05) is 38.8 Å². The van der Waals surface area contributed by atoms with Crippen molar-refractivity contribution in [3.8, 4) is 5.75 Å². The number of nitrogens with zero attached hydrogens (tertiary/aromatic N) is 2. The maximum Gasteiger partial charge on any atom is 0.161 e. The SMILES string of the molecule is CCNC(c1cc(Br)ccc1Br)c1c(OC)cnn1CC. The summed E-state index contributed by atoms with van der Waals surface area (Å²) in [4.78, 5) is 0. The maximum absolute atomic E-state index is 5.50. The van der Waals surface area contributed by atoms with Crippen molar-refractivity contribution >= 4 is 31.9 Å². The van der Waals surface area contributed by atoms with E-state index in [-0.39, 0.29) is 6.04 Å². The molecule has 6 heteroatoms. The summed E-state index contributed by atoms with van der Waals surface area (Å²) in [7, 11) is 1.68. The first-order chi connectivity index (χ1) is 10.1. The smallest absolute Gasteiger partial charge is 0.161 e. The average Bonchev–Trinajstić information content (AvgIpc) is 2.90. The number of nitrogens with one attached hydrogen (secondary N) is 1. The monoisotopic (exact) mass is 415 g/mol. The van der Waals surface area contributed by atoms with Gasteiger partial charge in [0.1, 0.15) is 5.69 Å². The Morgan fingerprint density at radius 1 is 1.33 bits per heavy atom. The lowest BCUT2D eigenvalue weighted by atomic mass is 10.0. The number of aromatic nitrogens is 2. The molecule has 1 unspecified atom stereocenters. The van der Waals surface area contributed by atoms with Crippen LogP contribution in [0.15, 0.2) is 33.3 Å². The Morgan fingerprint density at radius 3 is 2.71 bits per heavy atom. The van der Waals surface area contributed by atoms with E-state index in [0.29, 0.717) is 0 Å². The van der Waals surface area contributed by atoms with E-state index in [1.54, 1.807) is 13.3 Å². The van der Waals surface area contributed by atoms with Crippen molar-refractivity contribution in [2.45, 2.75) is 26.4 Å². The van der Waals surface area contributed by atoms with Crippen molar-refractivity contribution in [2.75, 3.05) is 13.7 Å². The van der Waals surface area contributed by atoms with Crippen molar-refractivity contribution < 1.29 is 4.74 Å². The Labute approximate surface area is 142 Å². The lowest BCUT2D eigenvalue weighted by Gasteiger charge is -2.22. The molecule has 0 saturated carbocycles. The van der Waals surface area contributed by atoms with Crippen LogP contribution in [0.5, 0.6) is 5.75 Å². The molecular formula is C15H19Br2N3O. The number of hydrogen-bond donors (Lipinski definition) is 1. The summed E-state index contributed by atoms with van der Waals surface area (Å²) in [5.74, 6) is 0.801. The molecule has 0 radical (unpaired) electrons. The van der Waals surface area contributed by atoms with Crippen LogP contribution in [-0.2, 0) is 6.54 Å². The molecule has 0 aliphatic rings. The first-order valence-corrected chi connectivity index (χ1v) is 8.48.